The highest BCUT2D eigenvalue weighted by atomic mass is 32.2. The molecule has 25 heavy (non-hydrogen) atoms. The van der Waals surface area contributed by atoms with E-state index in [1.165, 1.54) is 30.2 Å². The molecule has 0 aliphatic carbocycles. The van der Waals surface area contributed by atoms with Crippen LogP contribution in [0.2, 0.25) is 0 Å². The van der Waals surface area contributed by atoms with Gasteiger partial charge in [-0.1, -0.05) is 11.8 Å². The van der Waals surface area contributed by atoms with Crippen molar-refractivity contribution in [2.24, 2.45) is 0 Å². The van der Waals surface area contributed by atoms with Gasteiger partial charge in [0.2, 0.25) is 11.1 Å². The van der Waals surface area contributed by atoms with Gasteiger partial charge in [-0.2, -0.15) is 0 Å². The van der Waals surface area contributed by atoms with E-state index in [4.69, 9.17) is 4.42 Å². The molecule has 0 atom stereocenters. The second-order valence-corrected chi connectivity index (χ2v) is 6.55. The molecule has 0 fully saturated rings. The van der Waals surface area contributed by atoms with E-state index in [0.717, 1.165) is 0 Å². The van der Waals surface area contributed by atoms with Crippen LogP contribution in [0.3, 0.4) is 0 Å². The number of rotatable bonds is 7. The van der Waals surface area contributed by atoms with Crippen LogP contribution in [0.15, 0.2) is 39.4 Å². The molecule has 1 N–H and O–H groups in total. The van der Waals surface area contributed by atoms with Crippen LogP contribution in [0.25, 0.3) is 0 Å². The zero-order valence-electron chi connectivity index (χ0n) is 13.0. The number of ether oxygens (including phenoxy) is 1. The van der Waals surface area contributed by atoms with E-state index in [1.807, 2.05) is 6.07 Å². The first-order valence-electron chi connectivity index (χ1n) is 7.04. The molecular weight excluding hydrogens is 366 g/mol. The summed E-state index contributed by atoms with van der Waals surface area (Å²) in [5, 5.41) is 16.3. The number of hydrogen-bond acceptors (Lipinski definition) is 9. The molecule has 0 saturated heterocycles. The number of nitrogens with zero attached hydrogens (tertiary/aromatic N) is 4. The van der Waals surface area contributed by atoms with Gasteiger partial charge in [-0.3, -0.25) is 4.79 Å². The van der Waals surface area contributed by atoms with Crippen molar-refractivity contribution < 1.29 is 18.7 Å². The van der Waals surface area contributed by atoms with Crippen LogP contribution in [-0.2, 0) is 16.1 Å². The molecule has 0 saturated carbocycles. The van der Waals surface area contributed by atoms with Gasteiger partial charge in [0, 0.05) is 0 Å². The number of nitrogens with one attached hydrogen (secondary N) is 1. The van der Waals surface area contributed by atoms with E-state index in [-0.39, 0.29) is 11.7 Å². The van der Waals surface area contributed by atoms with Gasteiger partial charge in [-0.15, -0.1) is 16.4 Å². The van der Waals surface area contributed by atoms with Gasteiger partial charge in [0.05, 0.1) is 24.8 Å². The number of anilines is 1. The zero-order valence-corrected chi connectivity index (χ0v) is 14.7. The zero-order chi connectivity index (χ0) is 17.6. The van der Waals surface area contributed by atoms with Crippen LogP contribution < -0.4 is 5.32 Å². The molecule has 3 heterocycles. The van der Waals surface area contributed by atoms with Gasteiger partial charge >= 0.3 is 5.97 Å². The number of esters is 1. The third-order valence-corrected chi connectivity index (χ3v) is 4.88. The highest BCUT2D eigenvalue weighted by Crippen LogP contribution is 2.24. The second kappa shape index (κ2) is 7.94. The van der Waals surface area contributed by atoms with E-state index >= 15 is 0 Å². The second-order valence-electron chi connectivity index (χ2n) is 4.69. The Labute approximate surface area is 150 Å². The molecule has 130 valence electrons. The maximum absolute atomic E-state index is 12.1. The summed E-state index contributed by atoms with van der Waals surface area (Å²) < 4.78 is 11.5. The molecule has 3 aromatic heterocycles. The Balaban J connectivity index is 1.57. The number of aromatic nitrogens is 4. The van der Waals surface area contributed by atoms with E-state index in [2.05, 4.69) is 25.6 Å². The molecule has 0 radical (unpaired) electrons. The van der Waals surface area contributed by atoms with Crippen molar-refractivity contribution in [3.63, 3.8) is 0 Å². The maximum atomic E-state index is 12.1. The smallest absolute Gasteiger partial charge is 0.350 e. The van der Waals surface area contributed by atoms with Crippen molar-refractivity contribution in [1.29, 1.82) is 0 Å². The van der Waals surface area contributed by atoms with Crippen molar-refractivity contribution in [3.05, 3.63) is 40.5 Å². The SMILES string of the molecule is COC(=O)c1sccc1NC(=O)CSc1nnnn1Cc1ccco1. The van der Waals surface area contributed by atoms with Gasteiger partial charge in [0.25, 0.3) is 0 Å². The highest BCUT2D eigenvalue weighted by molar-refractivity contribution is 7.99. The van der Waals surface area contributed by atoms with Gasteiger partial charge in [0.15, 0.2) is 0 Å². The first kappa shape index (κ1) is 17.2. The number of thioether (sulfide) groups is 1. The minimum absolute atomic E-state index is 0.0922. The summed E-state index contributed by atoms with van der Waals surface area (Å²) >= 11 is 2.39. The third-order valence-electron chi connectivity index (χ3n) is 3.03. The Morgan fingerprint density at radius 3 is 3.08 bits per heavy atom. The molecular formula is C14H13N5O4S2. The van der Waals surface area contributed by atoms with Gasteiger partial charge < -0.3 is 14.5 Å². The first-order chi connectivity index (χ1) is 12.2. The first-order valence-corrected chi connectivity index (χ1v) is 8.91. The number of thiophene rings is 1. The Morgan fingerprint density at radius 1 is 1.44 bits per heavy atom. The van der Waals surface area contributed by atoms with E-state index in [1.54, 1.807) is 28.5 Å². The lowest BCUT2D eigenvalue weighted by molar-refractivity contribution is -0.113. The molecule has 11 heteroatoms. The topological polar surface area (TPSA) is 112 Å². The number of carbonyl (C=O) groups excluding carboxylic acids is 2. The molecule has 3 aromatic rings. The third kappa shape index (κ3) is 4.25. The fourth-order valence-corrected chi connectivity index (χ4v) is 3.37. The number of hydrogen-bond donors (Lipinski definition) is 1. The highest BCUT2D eigenvalue weighted by Gasteiger charge is 2.17. The van der Waals surface area contributed by atoms with Crippen molar-refractivity contribution >= 4 is 40.7 Å². The summed E-state index contributed by atoms with van der Waals surface area (Å²) in [6.07, 6.45) is 1.57. The predicted molar refractivity (Wildman–Crippen MR) is 90.6 cm³/mol. The van der Waals surface area contributed by atoms with Crippen LogP contribution in [0.1, 0.15) is 15.4 Å². The average Bonchev–Trinajstić information content (AvgIpc) is 3.35. The number of tetrazole rings is 1. The minimum atomic E-state index is -0.486. The lowest BCUT2D eigenvalue weighted by Crippen LogP contribution is -2.16. The number of amides is 1. The molecule has 0 aliphatic heterocycles. The Bertz CT molecular complexity index is 858. The Morgan fingerprint density at radius 2 is 2.32 bits per heavy atom. The van der Waals surface area contributed by atoms with E-state index in [0.29, 0.717) is 28.0 Å². The molecule has 9 nitrogen and oxygen atoms in total. The summed E-state index contributed by atoms with van der Waals surface area (Å²) in [5.74, 6) is 0.0377. The lowest BCUT2D eigenvalue weighted by Gasteiger charge is -2.05. The van der Waals surface area contributed by atoms with Crippen LogP contribution in [0.4, 0.5) is 5.69 Å². The Kier molecular flexibility index (Phi) is 5.46. The van der Waals surface area contributed by atoms with Crippen LogP contribution in [0, 0.1) is 0 Å². The van der Waals surface area contributed by atoms with Gasteiger partial charge in [0.1, 0.15) is 17.2 Å². The summed E-state index contributed by atoms with van der Waals surface area (Å²) in [5.41, 5.74) is 0.428. The van der Waals surface area contributed by atoms with Crippen LogP contribution >= 0.6 is 23.1 Å². The molecule has 0 spiro atoms. The van der Waals surface area contributed by atoms with Crippen molar-refractivity contribution in [1.82, 2.24) is 20.2 Å². The minimum Gasteiger partial charge on any atom is -0.467 e. The number of methoxy groups -OCH3 is 1. The predicted octanol–water partition coefficient (Wildman–Crippen LogP) is 1.89. The van der Waals surface area contributed by atoms with Crippen LogP contribution in [0.5, 0.6) is 0 Å². The standard InChI is InChI=1S/C14H13N5O4S2/c1-22-13(21)12-10(4-6-24-12)15-11(20)8-25-14-16-17-18-19(14)7-9-3-2-5-23-9/h2-6H,7-8H2,1H3,(H,15,20). The fraction of sp³-hybridized carbons (Fsp3) is 0.214. The average molecular weight is 379 g/mol. The molecule has 0 aliphatic rings. The fourth-order valence-electron chi connectivity index (χ4n) is 1.92. The summed E-state index contributed by atoms with van der Waals surface area (Å²) in [6, 6.07) is 5.24. The number of furan rings is 1. The monoisotopic (exact) mass is 379 g/mol. The molecule has 0 unspecified atom stereocenters. The molecule has 0 bridgehead atoms. The largest absolute Gasteiger partial charge is 0.467 e. The van der Waals surface area contributed by atoms with Crippen molar-refractivity contribution in [2.45, 2.75) is 11.7 Å². The lowest BCUT2D eigenvalue weighted by atomic mass is 10.4. The van der Waals surface area contributed by atoms with Crippen LogP contribution in [-0.4, -0.2) is 44.9 Å². The molecule has 0 aromatic carbocycles. The van der Waals surface area contributed by atoms with E-state index in [9.17, 15) is 9.59 Å². The normalized spacial score (nSPS) is 10.6. The van der Waals surface area contributed by atoms with Crippen molar-refractivity contribution in [2.75, 3.05) is 18.2 Å². The van der Waals surface area contributed by atoms with Gasteiger partial charge in [-0.05, 0) is 34.0 Å². The maximum Gasteiger partial charge on any atom is 0.350 e. The summed E-state index contributed by atoms with van der Waals surface area (Å²) in [6.45, 7) is 0.376. The molecule has 3 rings (SSSR count). The quantitative estimate of drug-likeness (QED) is 0.489. The van der Waals surface area contributed by atoms with Crippen molar-refractivity contribution in [3.8, 4) is 0 Å². The summed E-state index contributed by atoms with van der Waals surface area (Å²) in [7, 11) is 1.29. The van der Waals surface area contributed by atoms with Gasteiger partial charge in [-0.25, -0.2) is 9.48 Å². The molecule has 1 amide bonds. The number of carbonyl (C=O) groups is 2. The summed E-state index contributed by atoms with van der Waals surface area (Å²) in [4.78, 5) is 24.1. The van der Waals surface area contributed by atoms with E-state index < -0.39 is 5.97 Å². The Hall–Kier alpha value is -2.66.